The summed E-state index contributed by atoms with van der Waals surface area (Å²) in [5, 5.41) is 14.4. The lowest BCUT2D eigenvalue weighted by molar-refractivity contribution is -0.141. The third-order valence-electron chi connectivity index (χ3n) is 3.67. The number of carboxylic acid groups (broad SMARTS) is 1. The maximum absolute atomic E-state index is 12.6. The summed E-state index contributed by atoms with van der Waals surface area (Å²) in [7, 11) is 1.49. The molecule has 0 saturated carbocycles. The minimum Gasteiger partial charge on any atom is -0.495 e. The summed E-state index contributed by atoms with van der Waals surface area (Å²) in [5.74, 6) is -1.83. The number of rotatable bonds is 8. The number of ether oxygens (including phenoxy) is 2. The Balaban J connectivity index is 2.93. The van der Waals surface area contributed by atoms with Crippen LogP contribution in [-0.4, -0.2) is 48.4 Å². The van der Waals surface area contributed by atoms with Gasteiger partial charge in [0.2, 0.25) is 5.91 Å². The quantitative estimate of drug-likeness (QED) is 0.602. The molecule has 8 nitrogen and oxygen atoms in total. The molecular formula is C19H27ClN2O6. The van der Waals surface area contributed by atoms with Crippen LogP contribution in [0, 0.1) is 5.92 Å². The number of nitrogens with one attached hydrogen (secondary N) is 2. The SMILES string of the molecule is COc1ccc(C[C@@H](NC(=O)OC(C)(C)C)C(=O)NC[C@@H](C)C(=O)O)cc1Cl. The highest BCUT2D eigenvalue weighted by atomic mass is 35.5. The van der Waals surface area contributed by atoms with Gasteiger partial charge in [0.25, 0.3) is 0 Å². The molecule has 0 fully saturated rings. The molecule has 0 aromatic heterocycles. The van der Waals surface area contributed by atoms with Gasteiger partial charge in [-0.2, -0.15) is 0 Å². The van der Waals surface area contributed by atoms with Crippen molar-refractivity contribution < 1.29 is 29.0 Å². The van der Waals surface area contributed by atoms with Crippen LogP contribution in [0.5, 0.6) is 5.75 Å². The van der Waals surface area contributed by atoms with Crippen LogP contribution in [0.4, 0.5) is 4.79 Å². The fourth-order valence-corrected chi connectivity index (χ4v) is 2.48. The molecule has 28 heavy (non-hydrogen) atoms. The van der Waals surface area contributed by atoms with Gasteiger partial charge in [-0.3, -0.25) is 9.59 Å². The Morgan fingerprint density at radius 3 is 2.39 bits per heavy atom. The molecule has 0 aliphatic rings. The molecule has 3 N–H and O–H groups in total. The summed E-state index contributed by atoms with van der Waals surface area (Å²) >= 11 is 6.12. The minimum atomic E-state index is -1.03. The van der Waals surface area contributed by atoms with Gasteiger partial charge in [-0.05, 0) is 38.5 Å². The second kappa shape index (κ2) is 10.2. The molecule has 0 aliphatic heterocycles. The zero-order valence-corrected chi connectivity index (χ0v) is 17.4. The van der Waals surface area contributed by atoms with Crippen LogP contribution in [-0.2, 0) is 20.7 Å². The number of methoxy groups -OCH3 is 1. The Morgan fingerprint density at radius 1 is 1.25 bits per heavy atom. The van der Waals surface area contributed by atoms with E-state index in [0.29, 0.717) is 16.3 Å². The number of alkyl carbamates (subject to hydrolysis) is 1. The van der Waals surface area contributed by atoms with E-state index >= 15 is 0 Å². The molecule has 1 aromatic rings. The fourth-order valence-electron chi connectivity index (χ4n) is 2.20. The number of hydrogen-bond acceptors (Lipinski definition) is 5. The molecule has 2 amide bonds. The van der Waals surface area contributed by atoms with Crippen LogP contribution in [0.1, 0.15) is 33.3 Å². The van der Waals surface area contributed by atoms with Gasteiger partial charge in [0.1, 0.15) is 17.4 Å². The van der Waals surface area contributed by atoms with Gasteiger partial charge in [0, 0.05) is 13.0 Å². The molecule has 0 aliphatic carbocycles. The number of aliphatic carboxylic acids is 1. The summed E-state index contributed by atoms with van der Waals surface area (Å²) in [5.41, 5.74) is -0.0416. The van der Waals surface area contributed by atoms with Crippen molar-refractivity contribution in [3.8, 4) is 5.75 Å². The van der Waals surface area contributed by atoms with Gasteiger partial charge in [-0.1, -0.05) is 24.6 Å². The molecule has 0 heterocycles. The maximum atomic E-state index is 12.6. The van der Waals surface area contributed by atoms with Gasteiger partial charge >= 0.3 is 12.1 Å². The lowest BCUT2D eigenvalue weighted by Crippen LogP contribution is -2.50. The standard InChI is InChI=1S/C19H27ClN2O6/c1-11(17(24)25)10-21-16(23)14(22-18(26)28-19(2,3)4)9-12-6-7-15(27-5)13(20)8-12/h6-8,11,14H,9-10H2,1-5H3,(H,21,23)(H,22,26)(H,24,25)/t11-,14-/m1/s1. The van der Waals surface area contributed by atoms with Crippen molar-refractivity contribution in [2.24, 2.45) is 5.92 Å². The third kappa shape index (κ3) is 8.04. The van der Waals surface area contributed by atoms with Crippen molar-refractivity contribution in [1.29, 1.82) is 0 Å². The van der Waals surface area contributed by atoms with Crippen LogP contribution in [0.15, 0.2) is 18.2 Å². The van der Waals surface area contributed by atoms with Crippen LogP contribution < -0.4 is 15.4 Å². The van der Waals surface area contributed by atoms with Crippen molar-refractivity contribution in [2.45, 2.75) is 45.8 Å². The summed E-state index contributed by atoms with van der Waals surface area (Å²) in [4.78, 5) is 35.6. The van der Waals surface area contributed by atoms with Gasteiger partial charge in [0.15, 0.2) is 0 Å². The average Bonchev–Trinajstić information content (AvgIpc) is 2.57. The lowest BCUT2D eigenvalue weighted by atomic mass is 10.0. The molecular weight excluding hydrogens is 388 g/mol. The molecule has 9 heteroatoms. The van der Waals surface area contributed by atoms with E-state index in [-0.39, 0.29) is 13.0 Å². The number of halogens is 1. The first-order valence-corrected chi connectivity index (χ1v) is 9.13. The van der Waals surface area contributed by atoms with Crippen molar-refractivity contribution in [3.05, 3.63) is 28.8 Å². The highest BCUT2D eigenvalue weighted by Gasteiger charge is 2.25. The third-order valence-corrected chi connectivity index (χ3v) is 3.96. The molecule has 0 radical (unpaired) electrons. The van der Waals surface area contributed by atoms with E-state index in [2.05, 4.69) is 10.6 Å². The van der Waals surface area contributed by atoms with Gasteiger partial charge in [-0.25, -0.2) is 4.79 Å². The smallest absolute Gasteiger partial charge is 0.408 e. The predicted octanol–water partition coefficient (Wildman–Crippen LogP) is 2.62. The predicted molar refractivity (Wildman–Crippen MR) is 105 cm³/mol. The van der Waals surface area contributed by atoms with E-state index in [1.54, 1.807) is 39.0 Å². The van der Waals surface area contributed by atoms with E-state index in [1.807, 2.05) is 0 Å². The average molecular weight is 415 g/mol. The fraction of sp³-hybridized carbons (Fsp3) is 0.526. The molecule has 0 unspecified atom stereocenters. The van der Waals surface area contributed by atoms with Crippen LogP contribution in [0.25, 0.3) is 0 Å². The Morgan fingerprint density at radius 2 is 1.89 bits per heavy atom. The lowest BCUT2D eigenvalue weighted by Gasteiger charge is -2.24. The number of carboxylic acids is 1. The van der Waals surface area contributed by atoms with E-state index in [1.165, 1.54) is 14.0 Å². The number of hydrogen-bond donors (Lipinski definition) is 3. The first-order chi connectivity index (χ1) is 12.9. The molecule has 1 aromatic carbocycles. The van der Waals surface area contributed by atoms with Crippen molar-refractivity contribution >= 4 is 29.6 Å². The highest BCUT2D eigenvalue weighted by molar-refractivity contribution is 6.32. The molecule has 2 atom stereocenters. The maximum Gasteiger partial charge on any atom is 0.408 e. The van der Waals surface area contributed by atoms with E-state index in [4.69, 9.17) is 26.2 Å². The molecule has 0 saturated heterocycles. The van der Waals surface area contributed by atoms with Crippen LogP contribution >= 0.6 is 11.6 Å². The van der Waals surface area contributed by atoms with Crippen molar-refractivity contribution in [2.75, 3.05) is 13.7 Å². The number of benzene rings is 1. The highest BCUT2D eigenvalue weighted by Crippen LogP contribution is 2.25. The Labute approximate surface area is 169 Å². The molecule has 156 valence electrons. The van der Waals surface area contributed by atoms with Crippen molar-refractivity contribution in [3.63, 3.8) is 0 Å². The topological polar surface area (TPSA) is 114 Å². The Hall–Kier alpha value is -2.48. The summed E-state index contributed by atoms with van der Waals surface area (Å²) in [6.45, 7) is 6.53. The second-order valence-corrected chi connectivity index (χ2v) is 7.76. The normalized spacial score (nSPS) is 13.2. The van der Waals surface area contributed by atoms with Gasteiger partial charge in [0.05, 0.1) is 18.1 Å². The zero-order chi connectivity index (χ0) is 21.5. The first-order valence-electron chi connectivity index (χ1n) is 8.75. The second-order valence-electron chi connectivity index (χ2n) is 7.36. The Kier molecular flexibility index (Phi) is 8.56. The van der Waals surface area contributed by atoms with Crippen LogP contribution in [0.3, 0.4) is 0 Å². The molecule has 0 bridgehead atoms. The zero-order valence-electron chi connectivity index (χ0n) is 16.7. The first kappa shape index (κ1) is 23.6. The van der Waals surface area contributed by atoms with E-state index < -0.39 is 35.5 Å². The number of carbonyl (C=O) groups is 3. The summed E-state index contributed by atoms with van der Waals surface area (Å²) in [6, 6.07) is 4.05. The van der Waals surface area contributed by atoms with E-state index in [9.17, 15) is 14.4 Å². The van der Waals surface area contributed by atoms with Crippen LogP contribution in [0.2, 0.25) is 5.02 Å². The monoisotopic (exact) mass is 414 g/mol. The number of amides is 2. The Bertz CT molecular complexity index is 717. The minimum absolute atomic E-state index is 0.0654. The van der Waals surface area contributed by atoms with Gasteiger partial charge < -0.3 is 25.2 Å². The summed E-state index contributed by atoms with van der Waals surface area (Å²) in [6.07, 6.45) is -0.616. The molecule has 1 rings (SSSR count). The van der Waals surface area contributed by atoms with E-state index in [0.717, 1.165) is 0 Å². The van der Waals surface area contributed by atoms with Gasteiger partial charge in [-0.15, -0.1) is 0 Å². The number of carbonyl (C=O) groups excluding carboxylic acids is 2. The largest absolute Gasteiger partial charge is 0.495 e. The summed E-state index contributed by atoms with van der Waals surface area (Å²) < 4.78 is 10.3. The molecule has 0 spiro atoms. The van der Waals surface area contributed by atoms with Crippen molar-refractivity contribution in [1.82, 2.24) is 10.6 Å².